The van der Waals surface area contributed by atoms with Crippen molar-refractivity contribution in [2.45, 2.75) is 13.8 Å². The molecule has 2 amide bonds. The van der Waals surface area contributed by atoms with E-state index in [1.807, 2.05) is 13.0 Å². The number of halogens is 1. The predicted molar refractivity (Wildman–Crippen MR) is 115 cm³/mol. The Hall–Kier alpha value is -3.31. The Labute approximate surface area is 177 Å². The molecule has 0 aromatic heterocycles. The number of hydrogen-bond acceptors (Lipinski definition) is 5. The van der Waals surface area contributed by atoms with E-state index in [1.165, 1.54) is 20.1 Å². The number of benzene rings is 2. The molecule has 150 valence electrons. The van der Waals surface area contributed by atoms with Crippen LogP contribution >= 0.6 is 15.9 Å². The van der Waals surface area contributed by atoms with E-state index >= 15 is 0 Å². The van der Waals surface area contributed by atoms with Crippen molar-refractivity contribution in [3.8, 4) is 17.6 Å². The van der Waals surface area contributed by atoms with E-state index in [4.69, 9.17) is 9.47 Å². The standard InChI is InChI=1S/C21H20BrN3O4/c1-4-29-20-18(22)10-14(11-19(20)28-3)9-15(12-23)21(27)25-17-7-5-16(6-8-17)24-13(2)26/h5-11H,4H2,1-3H3,(H,24,26)(H,25,27)/b15-9+. The van der Waals surface area contributed by atoms with Crippen LogP contribution < -0.4 is 20.1 Å². The van der Waals surface area contributed by atoms with Crippen molar-refractivity contribution >= 4 is 45.2 Å². The van der Waals surface area contributed by atoms with Crippen LogP contribution in [0.1, 0.15) is 19.4 Å². The van der Waals surface area contributed by atoms with E-state index in [0.29, 0.717) is 39.5 Å². The molecule has 8 heteroatoms. The van der Waals surface area contributed by atoms with Crippen LogP contribution in [0, 0.1) is 11.3 Å². The first-order valence-corrected chi connectivity index (χ1v) is 9.48. The van der Waals surface area contributed by atoms with Crippen molar-refractivity contribution in [1.82, 2.24) is 0 Å². The van der Waals surface area contributed by atoms with Gasteiger partial charge in [0.15, 0.2) is 11.5 Å². The zero-order valence-corrected chi connectivity index (χ0v) is 17.8. The van der Waals surface area contributed by atoms with Gasteiger partial charge in [-0.15, -0.1) is 0 Å². The van der Waals surface area contributed by atoms with Crippen LogP contribution in [-0.4, -0.2) is 25.5 Å². The third-order valence-electron chi connectivity index (χ3n) is 3.68. The fourth-order valence-corrected chi connectivity index (χ4v) is 3.04. The van der Waals surface area contributed by atoms with Gasteiger partial charge >= 0.3 is 0 Å². The summed E-state index contributed by atoms with van der Waals surface area (Å²) < 4.78 is 11.5. The molecule has 0 fully saturated rings. The molecule has 2 aromatic rings. The summed E-state index contributed by atoms with van der Waals surface area (Å²) in [7, 11) is 1.51. The van der Waals surface area contributed by atoms with Gasteiger partial charge in [-0.3, -0.25) is 9.59 Å². The van der Waals surface area contributed by atoms with Crippen molar-refractivity contribution in [1.29, 1.82) is 5.26 Å². The lowest BCUT2D eigenvalue weighted by atomic mass is 10.1. The molecular formula is C21H20BrN3O4. The molecule has 0 atom stereocenters. The van der Waals surface area contributed by atoms with Crippen LogP contribution in [0.3, 0.4) is 0 Å². The topological polar surface area (TPSA) is 100 Å². The predicted octanol–water partition coefficient (Wildman–Crippen LogP) is 4.36. The van der Waals surface area contributed by atoms with Crippen LogP contribution in [0.2, 0.25) is 0 Å². The van der Waals surface area contributed by atoms with Crippen LogP contribution in [0.5, 0.6) is 11.5 Å². The van der Waals surface area contributed by atoms with Crippen molar-refractivity contribution in [3.05, 3.63) is 52.0 Å². The molecule has 7 nitrogen and oxygen atoms in total. The molecule has 0 heterocycles. The molecule has 0 bridgehead atoms. The van der Waals surface area contributed by atoms with Crippen LogP contribution in [0.25, 0.3) is 6.08 Å². The average molecular weight is 458 g/mol. The molecule has 0 radical (unpaired) electrons. The maximum atomic E-state index is 12.5. The highest BCUT2D eigenvalue weighted by Gasteiger charge is 2.14. The Morgan fingerprint density at radius 3 is 2.31 bits per heavy atom. The molecular weight excluding hydrogens is 438 g/mol. The molecule has 2 aromatic carbocycles. The molecule has 0 aliphatic rings. The number of nitrogens with zero attached hydrogens (tertiary/aromatic N) is 1. The largest absolute Gasteiger partial charge is 0.493 e. The van der Waals surface area contributed by atoms with Crippen molar-refractivity contribution in [3.63, 3.8) is 0 Å². The van der Waals surface area contributed by atoms with Gasteiger partial charge in [0.25, 0.3) is 5.91 Å². The van der Waals surface area contributed by atoms with Crippen molar-refractivity contribution in [2.24, 2.45) is 0 Å². The molecule has 0 saturated carbocycles. The van der Waals surface area contributed by atoms with Crippen molar-refractivity contribution < 1.29 is 19.1 Å². The number of amides is 2. The van der Waals surface area contributed by atoms with Crippen LogP contribution in [-0.2, 0) is 9.59 Å². The summed E-state index contributed by atoms with van der Waals surface area (Å²) in [6, 6.07) is 11.9. The van der Waals surface area contributed by atoms with Gasteiger partial charge in [0.05, 0.1) is 18.2 Å². The zero-order valence-electron chi connectivity index (χ0n) is 16.2. The summed E-state index contributed by atoms with van der Waals surface area (Å²) in [4.78, 5) is 23.5. The fourth-order valence-electron chi connectivity index (χ4n) is 2.46. The van der Waals surface area contributed by atoms with Crippen LogP contribution in [0.15, 0.2) is 46.4 Å². The third kappa shape index (κ3) is 6.09. The average Bonchev–Trinajstić information content (AvgIpc) is 2.68. The second-order valence-electron chi connectivity index (χ2n) is 5.85. The maximum Gasteiger partial charge on any atom is 0.266 e. The number of ether oxygens (including phenoxy) is 2. The van der Waals surface area contributed by atoms with E-state index in [1.54, 1.807) is 36.4 Å². The summed E-state index contributed by atoms with van der Waals surface area (Å²) >= 11 is 3.42. The van der Waals surface area contributed by atoms with Gasteiger partial charge in [-0.25, -0.2) is 0 Å². The minimum Gasteiger partial charge on any atom is -0.493 e. The first kappa shape index (κ1) is 22.0. The quantitative estimate of drug-likeness (QED) is 0.475. The molecule has 0 saturated heterocycles. The van der Waals surface area contributed by atoms with Crippen molar-refractivity contribution in [2.75, 3.05) is 24.4 Å². The van der Waals surface area contributed by atoms with Gasteiger partial charge in [0, 0.05) is 18.3 Å². The number of hydrogen-bond donors (Lipinski definition) is 2. The third-order valence-corrected chi connectivity index (χ3v) is 4.27. The van der Waals surface area contributed by atoms with E-state index in [9.17, 15) is 14.9 Å². The smallest absolute Gasteiger partial charge is 0.266 e. The number of rotatable bonds is 7. The number of anilines is 2. The molecule has 29 heavy (non-hydrogen) atoms. The summed E-state index contributed by atoms with van der Waals surface area (Å²) in [6.07, 6.45) is 1.46. The Kier molecular flexibility index (Phi) is 7.80. The second-order valence-corrected chi connectivity index (χ2v) is 6.70. The SMILES string of the molecule is CCOc1c(Br)cc(/C=C(\C#N)C(=O)Nc2ccc(NC(C)=O)cc2)cc1OC. The molecule has 2 N–H and O–H groups in total. The lowest BCUT2D eigenvalue weighted by Crippen LogP contribution is -2.13. The molecule has 0 unspecified atom stereocenters. The zero-order chi connectivity index (χ0) is 21.4. The van der Waals surface area contributed by atoms with E-state index in [-0.39, 0.29) is 11.5 Å². The lowest BCUT2D eigenvalue weighted by Gasteiger charge is -2.12. The summed E-state index contributed by atoms with van der Waals surface area (Å²) in [5, 5.41) is 14.7. The molecule has 0 aliphatic heterocycles. The minimum atomic E-state index is -0.552. The number of nitriles is 1. The van der Waals surface area contributed by atoms with Gasteiger partial charge in [-0.05, 0) is 70.9 Å². The number of carbonyl (C=O) groups is 2. The first-order valence-electron chi connectivity index (χ1n) is 8.69. The Morgan fingerprint density at radius 1 is 1.17 bits per heavy atom. The monoisotopic (exact) mass is 457 g/mol. The Morgan fingerprint density at radius 2 is 1.79 bits per heavy atom. The number of nitrogens with one attached hydrogen (secondary N) is 2. The van der Waals surface area contributed by atoms with Gasteiger partial charge in [-0.2, -0.15) is 5.26 Å². The molecule has 0 spiro atoms. The highest BCUT2D eigenvalue weighted by molar-refractivity contribution is 9.10. The van der Waals surface area contributed by atoms with E-state index in [2.05, 4.69) is 26.6 Å². The number of carbonyl (C=O) groups excluding carboxylic acids is 2. The second kappa shape index (κ2) is 10.3. The lowest BCUT2D eigenvalue weighted by molar-refractivity contribution is -0.114. The first-order chi connectivity index (χ1) is 13.9. The maximum absolute atomic E-state index is 12.5. The molecule has 0 aliphatic carbocycles. The Balaban J connectivity index is 2.23. The fraction of sp³-hybridized carbons (Fsp3) is 0.190. The van der Waals surface area contributed by atoms with E-state index < -0.39 is 5.91 Å². The summed E-state index contributed by atoms with van der Waals surface area (Å²) in [5.74, 6) is 0.297. The van der Waals surface area contributed by atoms with Gasteiger partial charge in [0.2, 0.25) is 5.91 Å². The Bertz CT molecular complexity index is 979. The van der Waals surface area contributed by atoms with Gasteiger partial charge in [-0.1, -0.05) is 0 Å². The highest BCUT2D eigenvalue weighted by Crippen LogP contribution is 2.37. The normalized spacial score (nSPS) is 10.7. The summed E-state index contributed by atoms with van der Waals surface area (Å²) in [5.41, 5.74) is 1.63. The minimum absolute atomic E-state index is 0.0750. The van der Waals surface area contributed by atoms with Gasteiger partial charge in [0.1, 0.15) is 11.6 Å². The van der Waals surface area contributed by atoms with Gasteiger partial charge < -0.3 is 20.1 Å². The van der Waals surface area contributed by atoms with E-state index in [0.717, 1.165) is 0 Å². The summed E-state index contributed by atoms with van der Waals surface area (Å²) in [6.45, 7) is 3.74. The molecule has 2 rings (SSSR count). The highest BCUT2D eigenvalue weighted by atomic mass is 79.9. The van der Waals surface area contributed by atoms with Crippen LogP contribution in [0.4, 0.5) is 11.4 Å². The number of methoxy groups -OCH3 is 1.